The summed E-state index contributed by atoms with van der Waals surface area (Å²) >= 11 is 0. The van der Waals surface area contributed by atoms with Crippen molar-refractivity contribution in [1.29, 1.82) is 0 Å². The number of nitrogens with two attached hydrogens (primary N) is 1. The van der Waals surface area contributed by atoms with Crippen LogP contribution in [0.1, 0.15) is 17.2 Å². The van der Waals surface area contributed by atoms with E-state index in [1.165, 1.54) is 18.6 Å². The monoisotopic (exact) mass is 330 g/mol. The molecule has 1 unspecified atom stereocenters. The molecule has 2 aromatic rings. The van der Waals surface area contributed by atoms with Gasteiger partial charge in [-0.1, -0.05) is 24.3 Å². The highest BCUT2D eigenvalue weighted by atomic mass is 16.5. The molecule has 2 rings (SSSR count). The van der Waals surface area contributed by atoms with Crippen molar-refractivity contribution in [2.45, 2.75) is 19.2 Å². The van der Waals surface area contributed by atoms with E-state index in [2.05, 4.69) is 10.3 Å². The smallest absolute Gasteiger partial charge is 0.253 e. The van der Waals surface area contributed by atoms with Crippen LogP contribution in [-0.2, 0) is 27.5 Å². The van der Waals surface area contributed by atoms with Gasteiger partial charge >= 0.3 is 0 Å². The molecule has 126 valence electrons. The van der Waals surface area contributed by atoms with E-state index in [4.69, 9.17) is 10.5 Å². The van der Waals surface area contributed by atoms with Crippen LogP contribution in [0, 0.1) is 0 Å². The zero-order valence-corrected chi connectivity index (χ0v) is 13.1. The third kappa shape index (κ3) is 4.50. The lowest BCUT2D eigenvalue weighted by molar-refractivity contribution is -0.127. The summed E-state index contributed by atoms with van der Waals surface area (Å²) in [7, 11) is 1.58. The Labute approximate surface area is 138 Å². The van der Waals surface area contributed by atoms with Crippen molar-refractivity contribution < 1.29 is 14.3 Å². The van der Waals surface area contributed by atoms with Crippen molar-refractivity contribution in [3.05, 3.63) is 64.3 Å². The quantitative estimate of drug-likeness (QED) is 0.725. The fraction of sp³-hybridized carbons (Fsp3) is 0.250. The Kier molecular flexibility index (Phi) is 5.80. The number of nitrogens with one attached hydrogen (secondary N) is 1. The molecule has 0 saturated heterocycles. The van der Waals surface area contributed by atoms with Crippen molar-refractivity contribution in [2.24, 2.45) is 5.73 Å². The summed E-state index contributed by atoms with van der Waals surface area (Å²) in [5, 5.41) is 2.53. The van der Waals surface area contributed by atoms with Crippen LogP contribution in [0.3, 0.4) is 0 Å². The molecule has 1 aromatic heterocycles. The van der Waals surface area contributed by atoms with Gasteiger partial charge in [0.25, 0.3) is 5.56 Å². The van der Waals surface area contributed by atoms with Crippen molar-refractivity contribution in [3.8, 4) is 0 Å². The number of aromatic nitrogens is 2. The minimum Gasteiger partial charge on any atom is -0.380 e. The molecule has 0 spiro atoms. The van der Waals surface area contributed by atoms with Crippen LogP contribution in [0.25, 0.3) is 0 Å². The number of methoxy groups -OCH3 is 1. The Hall–Kier alpha value is -3.00. The van der Waals surface area contributed by atoms with E-state index in [0.29, 0.717) is 12.2 Å². The number of primary amides is 1. The zero-order chi connectivity index (χ0) is 17.5. The summed E-state index contributed by atoms with van der Waals surface area (Å²) in [4.78, 5) is 39.1. The van der Waals surface area contributed by atoms with E-state index >= 15 is 0 Å². The molecule has 0 bridgehead atoms. The Morgan fingerprint density at radius 3 is 2.58 bits per heavy atom. The highest BCUT2D eigenvalue weighted by Crippen LogP contribution is 2.14. The minimum absolute atomic E-state index is 0.252. The van der Waals surface area contributed by atoms with Gasteiger partial charge in [0, 0.05) is 19.4 Å². The third-order valence-electron chi connectivity index (χ3n) is 3.32. The van der Waals surface area contributed by atoms with Crippen LogP contribution in [0.5, 0.6) is 0 Å². The van der Waals surface area contributed by atoms with Gasteiger partial charge in [-0.15, -0.1) is 0 Å². The number of hydrogen-bond donors (Lipinski definition) is 2. The predicted octanol–water partition coefficient (Wildman–Crippen LogP) is -0.267. The number of carbonyl (C=O) groups is 2. The first kappa shape index (κ1) is 17.4. The largest absolute Gasteiger partial charge is 0.380 e. The third-order valence-corrected chi connectivity index (χ3v) is 3.32. The topological polar surface area (TPSA) is 116 Å². The van der Waals surface area contributed by atoms with Crippen molar-refractivity contribution in [2.75, 3.05) is 7.11 Å². The number of benzene rings is 1. The van der Waals surface area contributed by atoms with Gasteiger partial charge in [0.1, 0.15) is 12.6 Å². The summed E-state index contributed by atoms with van der Waals surface area (Å²) in [6.45, 7) is 0.190. The van der Waals surface area contributed by atoms with Gasteiger partial charge in [0.15, 0.2) is 0 Å². The van der Waals surface area contributed by atoms with Crippen molar-refractivity contribution >= 4 is 11.8 Å². The van der Waals surface area contributed by atoms with Crippen LogP contribution < -0.4 is 16.6 Å². The SMILES string of the molecule is COCc1ccc(C(NC(=O)Cn2cnccc2=O)C(N)=O)cc1. The summed E-state index contributed by atoms with van der Waals surface area (Å²) in [6.07, 6.45) is 2.59. The van der Waals surface area contributed by atoms with Crippen LogP contribution >= 0.6 is 0 Å². The van der Waals surface area contributed by atoms with Crippen molar-refractivity contribution in [1.82, 2.24) is 14.9 Å². The Morgan fingerprint density at radius 1 is 1.29 bits per heavy atom. The van der Waals surface area contributed by atoms with E-state index in [9.17, 15) is 14.4 Å². The number of amides is 2. The molecular formula is C16H18N4O4. The summed E-state index contributed by atoms with van der Waals surface area (Å²) < 4.78 is 6.15. The number of ether oxygens (including phenoxy) is 1. The van der Waals surface area contributed by atoms with E-state index < -0.39 is 17.9 Å². The van der Waals surface area contributed by atoms with Gasteiger partial charge < -0.3 is 15.8 Å². The summed E-state index contributed by atoms with van der Waals surface area (Å²) in [5.74, 6) is -1.21. The van der Waals surface area contributed by atoms with Crippen LogP contribution in [0.2, 0.25) is 0 Å². The molecule has 0 aliphatic rings. The molecular weight excluding hydrogens is 312 g/mol. The molecule has 1 aromatic carbocycles. The number of hydrogen-bond acceptors (Lipinski definition) is 5. The highest BCUT2D eigenvalue weighted by molar-refractivity contribution is 5.87. The molecule has 8 nitrogen and oxygen atoms in total. The maximum atomic E-state index is 12.1. The lowest BCUT2D eigenvalue weighted by Crippen LogP contribution is -2.40. The molecule has 1 atom stereocenters. The average molecular weight is 330 g/mol. The fourth-order valence-electron chi connectivity index (χ4n) is 2.15. The Morgan fingerprint density at radius 2 is 2.00 bits per heavy atom. The Balaban J connectivity index is 2.10. The normalized spacial score (nSPS) is 11.7. The molecule has 0 radical (unpaired) electrons. The first-order chi connectivity index (χ1) is 11.5. The molecule has 2 amide bonds. The standard InChI is InChI=1S/C16H18N4O4/c1-24-9-11-2-4-12(5-3-11)15(16(17)23)19-13(21)8-20-10-18-7-6-14(20)22/h2-7,10,15H,8-9H2,1H3,(H2,17,23)(H,19,21). The molecule has 0 aliphatic heterocycles. The Bertz CT molecular complexity index is 770. The first-order valence-corrected chi connectivity index (χ1v) is 7.18. The van der Waals surface area contributed by atoms with Gasteiger partial charge in [0.05, 0.1) is 12.9 Å². The number of carbonyl (C=O) groups excluding carboxylic acids is 2. The summed E-state index contributed by atoms with van der Waals surface area (Å²) in [6, 6.07) is 7.22. The molecule has 8 heteroatoms. The average Bonchev–Trinajstić information content (AvgIpc) is 2.56. The summed E-state index contributed by atoms with van der Waals surface area (Å²) in [5.41, 5.74) is 6.50. The van der Waals surface area contributed by atoms with Crippen LogP contribution in [0.15, 0.2) is 47.7 Å². The zero-order valence-electron chi connectivity index (χ0n) is 13.1. The second-order valence-corrected chi connectivity index (χ2v) is 5.12. The first-order valence-electron chi connectivity index (χ1n) is 7.18. The van der Waals surface area contributed by atoms with Gasteiger partial charge in [0.2, 0.25) is 11.8 Å². The molecule has 0 saturated carbocycles. The molecule has 0 fully saturated rings. The maximum Gasteiger partial charge on any atom is 0.253 e. The van der Waals surface area contributed by atoms with Crippen LogP contribution in [0.4, 0.5) is 0 Å². The fourth-order valence-corrected chi connectivity index (χ4v) is 2.15. The van der Waals surface area contributed by atoms with Gasteiger partial charge in [-0.3, -0.25) is 19.0 Å². The van der Waals surface area contributed by atoms with Gasteiger partial charge in [-0.05, 0) is 11.1 Å². The van der Waals surface area contributed by atoms with E-state index in [0.717, 1.165) is 10.1 Å². The predicted molar refractivity (Wildman–Crippen MR) is 85.7 cm³/mol. The molecule has 0 aliphatic carbocycles. The van der Waals surface area contributed by atoms with Crippen molar-refractivity contribution in [3.63, 3.8) is 0 Å². The molecule has 1 heterocycles. The number of nitrogens with zero attached hydrogens (tertiary/aromatic N) is 2. The molecule has 24 heavy (non-hydrogen) atoms. The maximum absolute atomic E-state index is 12.1. The van der Waals surface area contributed by atoms with E-state index in [1.54, 1.807) is 31.4 Å². The van der Waals surface area contributed by atoms with E-state index in [-0.39, 0.29) is 12.1 Å². The minimum atomic E-state index is -0.985. The second-order valence-electron chi connectivity index (χ2n) is 5.12. The second kappa shape index (κ2) is 8.02. The number of rotatable bonds is 7. The highest BCUT2D eigenvalue weighted by Gasteiger charge is 2.20. The van der Waals surface area contributed by atoms with Gasteiger partial charge in [-0.2, -0.15) is 0 Å². The molecule has 3 N–H and O–H groups in total. The van der Waals surface area contributed by atoms with Gasteiger partial charge in [-0.25, -0.2) is 4.98 Å². The lowest BCUT2D eigenvalue weighted by Gasteiger charge is -2.16. The van der Waals surface area contributed by atoms with Crippen LogP contribution in [-0.4, -0.2) is 28.5 Å². The van der Waals surface area contributed by atoms with E-state index in [1.807, 2.05) is 0 Å². The lowest BCUT2D eigenvalue weighted by atomic mass is 10.0.